The van der Waals surface area contributed by atoms with Gasteiger partial charge in [0.05, 0.1) is 0 Å². The molecule has 4 rings (SSSR count). The monoisotopic (exact) mass is 486 g/mol. The van der Waals surface area contributed by atoms with Crippen LogP contribution in [0.15, 0.2) is 84.9 Å². The minimum Gasteiger partial charge on any atom is -0.486 e. The van der Waals surface area contributed by atoms with E-state index in [0.717, 1.165) is 29.9 Å². The zero-order chi connectivity index (χ0) is 24.5. The largest absolute Gasteiger partial charge is 0.486 e. The Bertz CT molecular complexity index is 1260. The van der Waals surface area contributed by atoms with Crippen LogP contribution in [-0.2, 0) is 13.0 Å². The Hall–Kier alpha value is -4.04. The summed E-state index contributed by atoms with van der Waals surface area (Å²) in [5, 5.41) is 14.6. The van der Waals surface area contributed by atoms with Crippen LogP contribution in [-0.4, -0.2) is 28.1 Å². The second kappa shape index (κ2) is 11.9. The second-order valence-corrected chi connectivity index (χ2v) is 9.10. The molecular weight excluding hydrogens is 460 g/mol. The van der Waals surface area contributed by atoms with Crippen LogP contribution in [0.4, 0.5) is 5.69 Å². The van der Waals surface area contributed by atoms with Gasteiger partial charge in [-0.2, -0.15) is 0 Å². The van der Waals surface area contributed by atoms with Crippen LogP contribution in [0.1, 0.15) is 44.1 Å². The van der Waals surface area contributed by atoms with Crippen molar-refractivity contribution in [2.75, 3.05) is 5.32 Å². The van der Waals surface area contributed by atoms with Crippen LogP contribution < -0.4 is 15.4 Å². The third kappa shape index (κ3) is 7.22. The van der Waals surface area contributed by atoms with E-state index in [1.165, 1.54) is 5.56 Å². The molecule has 1 aromatic heterocycles. The lowest BCUT2D eigenvalue weighted by Crippen LogP contribution is -2.32. The zero-order valence-electron chi connectivity index (χ0n) is 19.3. The van der Waals surface area contributed by atoms with Gasteiger partial charge in [0, 0.05) is 17.3 Å². The fraction of sp³-hybridized carbons (Fsp3) is 0.185. The highest BCUT2D eigenvalue weighted by Crippen LogP contribution is 2.17. The summed E-state index contributed by atoms with van der Waals surface area (Å²) in [7, 11) is 0. The summed E-state index contributed by atoms with van der Waals surface area (Å²) in [6.45, 7) is 2.22. The predicted molar refractivity (Wildman–Crippen MR) is 137 cm³/mol. The average molecular weight is 487 g/mol. The highest BCUT2D eigenvalue weighted by atomic mass is 32.1. The molecule has 1 atom stereocenters. The van der Waals surface area contributed by atoms with E-state index in [1.54, 1.807) is 24.3 Å². The fourth-order valence-corrected chi connectivity index (χ4v) is 4.04. The molecule has 0 aliphatic heterocycles. The molecule has 1 heterocycles. The lowest BCUT2D eigenvalue weighted by Gasteiger charge is -2.14. The first-order valence-corrected chi connectivity index (χ1v) is 12.1. The number of amides is 2. The van der Waals surface area contributed by atoms with Crippen molar-refractivity contribution >= 4 is 28.8 Å². The summed E-state index contributed by atoms with van der Waals surface area (Å²) in [4.78, 5) is 25.3. The molecule has 0 saturated carbocycles. The normalized spacial score (nSPS) is 11.5. The second-order valence-electron chi connectivity index (χ2n) is 8.04. The van der Waals surface area contributed by atoms with Gasteiger partial charge in [0.15, 0.2) is 5.01 Å². The highest BCUT2D eigenvalue weighted by Gasteiger charge is 2.15. The van der Waals surface area contributed by atoms with Gasteiger partial charge in [-0.1, -0.05) is 65.9 Å². The SMILES string of the molecule is C[C@@H](CCc1ccccc1)NC(=O)c1cccc(NC(=O)c2nnc(COc3ccccc3)s2)c1. The van der Waals surface area contributed by atoms with Gasteiger partial charge in [-0.25, -0.2) is 0 Å². The first-order valence-electron chi connectivity index (χ1n) is 11.3. The van der Waals surface area contributed by atoms with Crippen LogP contribution in [0.3, 0.4) is 0 Å². The summed E-state index contributed by atoms with van der Waals surface area (Å²) in [5.41, 5.74) is 2.23. The number of para-hydroxylation sites is 1. The van der Waals surface area contributed by atoms with Crippen molar-refractivity contribution < 1.29 is 14.3 Å². The number of carbonyl (C=O) groups excluding carboxylic acids is 2. The third-order valence-corrected chi connectivity index (χ3v) is 6.13. The van der Waals surface area contributed by atoms with Crippen molar-refractivity contribution in [2.24, 2.45) is 0 Å². The maximum absolute atomic E-state index is 12.7. The topological polar surface area (TPSA) is 93.2 Å². The Morgan fingerprint density at radius 3 is 2.43 bits per heavy atom. The Balaban J connectivity index is 1.29. The van der Waals surface area contributed by atoms with E-state index in [0.29, 0.717) is 16.3 Å². The molecule has 0 saturated heterocycles. The van der Waals surface area contributed by atoms with E-state index in [9.17, 15) is 9.59 Å². The lowest BCUT2D eigenvalue weighted by atomic mass is 10.1. The first kappa shape index (κ1) is 24.1. The average Bonchev–Trinajstić information content (AvgIpc) is 3.37. The molecule has 2 amide bonds. The van der Waals surface area contributed by atoms with Crippen LogP contribution in [0.5, 0.6) is 5.75 Å². The van der Waals surface area contributed by atoms with E-state index in [4.69, 9.17) is 4.74 Å². The number of aromatic nitrogens is 2. The molecule has 0 fully saturated rings. The van der Waals surface area contributed by atoms with Crippen molar-refractivity contribution in [3.05, 3.63) is 106 Å². The number of rotatable bonds is 10. The summed E-state index contributed by atoms with van der Waals surface area (Å²) in [5.74, 6) is 0.151. The van der Waals surface area contributed by atoms with Gasteiger partial charge in [0.25, 0.3) is 11.8 Å². The quantitative estimate of drug-likeness (QED) is 0.325. The Morgan fingerprint density at radius 2 is 1.66 bits per heavy atom. The third-order valence-electron chi connectivity index (χ3n) is 5.24. The molecule has 178 valence electrons. The number of benzene rings is 3. The van der Waals surface area contributed by atoms with Crippen molar-refractivity contribution in [3.8, 4) is 5.75 Å². The van der Waals surface area contributed by atoms with E-state index < -0.39 is 0 Å². The predicted octanol–water partition coefficient (Wildman–Crippen LogP) is 5.12. The molecule has 0 spiro atoms. The zero-order valence-corrected chi connectivity index (χ0v) is 20.1. The molecule has 0 bridgehead atoms. The summed E-state index contributed by atoms with van der Waals surface area (Å²) in [6.07, 6.45) is 1.72. The van der Waals surface area contributed by atoms with Crippen LogP contribution in [0.25, 0.3) is 0 Å². The number of hydrogen-bond donors (Lipinski definition) is 2. The van der Waals surface area contributed by atoms with Crippen LogP contribution >= 0.6 is 11.3 Å². The lowest BCUT2D eigenvalue weighted by molar-refractivity contribution is 0.0937. The van der Waals surface area contributed by atoms with E-state index in [1.807, 2.05) is 55.5 Å². The molecule has 4 aromatic rings. The Kier molecular flexibility index (Phi) is 8.19. The molecular formula is C27H26N4O3S. The minimum atomic E-state index is -0.387. The number of aryl methyl sites for hydroxylation is 1. The standard InChI is InChI=1S/C27H26N4O3S/c1-19(15-16-20-9-4-2-5-10-20)28-25(32)21-11-8-12-22(17-21)29-26(33)27-31-30-24(35-27)18-34-23-13-6-3-7-14-23/h2-14,17,19H,15-16,18H2,1H3,(H,28,32)(H,29,33)/t19-/m0/s1. The van der Waals surface area contributed by atoms with Crippen LogP contribution in [0.2, 0.25) is 0 Å². The molecule has 0 aliphatic carbocycles. The molecule has 0 unspecified atom stereocenters. The smallest absolute Gasteiger partial charge is 0.286 e. The van der Waals surface area contributed by atoms with Gasteiger partial charge in [-0.05, 0) is 55.7 Å². The van der Waals surface area contributed by atoms with E-state index in [-0.39, 0.29) is 29.5 Å². The first-order chi connectivity index (χ1) is 17.1. The fourth-order valence-electron chi connectivity index (χ4n) is 3.40. The van der Waals surface area contributed by atoms with Gasteiger partial charge in [0.2, 0.25) is 5.01 Å². The minimum absolute atomic E-state index is 0.0128. The highest BCUT2D eigenvalue weighted by molar-refractivity contribution is 7.13. The van der Waals surface area contributed by atoms with Crippen LogP contribution in [0, 0.1) is 0 Å². The number of anilines is 1. The van der Waals surface area contributed by atoms with Gasteiger partial charge in [0.1, 0.15) is 12.4 Å². The van der Waals surface area contributed by atoms with Gasteiger partial charge >= 0.3 is 0 Å². The van der Waals surface area contributed by atoms with E-state index in [2.05, 4.69) is 33.0 Å². The Morgan fingerprint density at radius 1 is 0.914 bits per heavy atom. The summed E-state index contributed by atoms with van der Waals surface area (Å²) >= 11 is 1.16. The van der Waals surface area contributed by atoms with Crippen molar-refractivity contribution in [2.45, 2.75) is 32.4 Å². The maximum atomic E-state index is 12.7. The summed E-state index contributed by atoms with van der Waals surface area (Å²) in [6, 6.07) is 26.4. The molecule has 3 aromatic carbocycles. The number of carbonyl (C=O) groups is 2. The molecule has 2 N–H and O–H groups in total. The van der Waals surface area contributed by atoms with Crippen molar-refractivity contribution in [1.29, 1.82) is 0 Å². The number of hydrogen-bond acceptors (Lipinski definition) is 6. The van der Waals surface area contributed by atoms with Crippen molar-refractivity contribution in [3.63, 3.8) is 0 Å². The van der Waals surface area contributed by atoms with E-state index >= 15 is 0 Å². The number of ether oxygens (including phenoxy) is 1. The number of nitrogens with zero attached hydrogens (tertiary/aromatic N) is 2. The Labute approximate surface area is 208 Å². The van der Waals surface area contributed by atoms with Gasteiger partial charge < -0.3 is 15.4 Å². The molecule has 0 aliphatic rings. The molecule has 35 heavy (non-hydrogen) atoms. The summed E-state index contributed by atoms with van der Waals surface area (Å²) < 4.78 is 5.65. The van der Waals surface area contributed by atoms with Gasteiger partial charge in [-0.3, -0.25) is 9.59 Å². The van der Waals surface area contributed by atoms with Crippen molar-refractivity contribution in [1.82, 2.24) is 15.5 Å². The maximum Gasteiger partial charge on any atom is 0.286 e. The molecule has 7 nitrogen and oxygen atoms in total. The van der Waals surface area contributed by atoms with Gasteiger partial charge in [-0.15, -0.1) is 10.2 Å². The molecule has 8 heteroatoms. The molecule has 0 radical (unpaired) electrons. The number of nitrogens with one attached hydrogen (secondary N) is 2.